The van der Waals surface area contributed by atoms with Crippen LogP contribution >= 0.6 is 0 Å². The maximum absolute atomic E-state index is 13.3. The minimum atomic E-state index is -1.15. The van der Waals surface area contributed by atoms with Gasteiger partial charge >= 0.3 is 11.9 Å². The molecule has 0 spiro atoms. The summed E-state index contributed by atoms with van der Waals surface area (Å²) < 4.78 is 9.65. The Morgan fingerprint density at radius 3 is 1.34 bits per heavy atom. The Bertz CT molecular complexity index is 840. The van der Waals surface area contributed by atoms with Gasteiger partial charge in [-0.25, -0.2) is 19.6 Å². The second kappa shape index (κ2) is 8.55. The van der Waals surface area contributed by atoms with Crippen LogP contribution in [0.4, 0.5) is 0 Å². The zero-order chi connectivity index (χ0) is 21.0. The minimum Gasteiger partial charge on any atom is -0.467 e. The number of hydrogen-bond donors (Lipinski definition) is 0. The Balaban J connectivity index is 2.10. The van der Waals surface area contributed by atoms with Gasteiger partial charge in [-0.15, -0.1) is 0 Å². The van der Waals surface area contributed by atoms with Crippen molar-refractivity contribution in [2.24, 2.45) is 0 Å². The average Bonchev–Trinajstić information content (AvgIpc) is 3.18. The summed E-state index contributed by atoms with van der Waals surface area (Å²) in [6, 6.07) is 14.1. The molecule has 0 saturated carbocycles. The molecule has 1 aliphatic heterocycles. The minimum absolute atomic E-state index is 0.128. The van der Waals surface area contributed by atoms with Crippen LogP contribution in [0.15, 0.2) is 60.7 Å². The van der Waals surface area contributed by atoms with Gasteiger partial charge in [-0.05, 0) is 24.3 Å². The van der Waals surface area contributed by atoms with Crippen LogP contribution in [0, 0.1) is 0 Å². The summed E-state index contributed by atoms with van der Waals surface area (Å²) in [5.74, 6) is -2.66. The largest absolute Gasteiger partial charge is 0.467 e. The summed E-state index contributed by atoms with van der Waals surface area (Å²) in [6.45, 7) is 0. The molecule has 2 aromatic carbocycles. The lowest BCUT2D eigenvalue weighted by Crippen LogP contribution is -2.54. The number of amides is 2. The molecule has 2 aromatic rings. The number of methoxy groups -OCH3 is 2. The van der Waals surface area contributed by atoms with Crippen LogP contribution in [-0.2, 0) is 19.1 Å². The van der Waals surface area contributed by atoms with E-state index in [-0.39, 0.29) is 17.5 Å². The second-order valence-electron chi connectivity index (χ2n) is 6.35. The van der Waals surface area contributed by atoms with Crippen LogP contribution in [0.3, 0.4) is 0 Å². The Kier molecular flexibility index (Phi) is 5.92. The molecule has 2 atom stereocenters. The van der Waals surface area contributed by atoms with Gasteiger partial charge in [0.15, 0.2) is 12.1 Å². The van der Waals surface area contributed by atoms with Crippen LogP contribution in [0.25, 0.3) is 0 Å². The molecule has 8 nitrogen and oxygen atoms in total. The fraction of sp³-hybridized carbons (Fsp3) is 0.238. The molecule has 0 radical (unpaired) electrons. The van der Waals surface area contributed by atoms with Gasteiger partial charge < -0.3 is 9.47 Å². The predicted molar refractivity (Wildman–Crippen MR) is 101 cm³/mol. The van der Waals surface area contributed by atoms with Gasteiger partial charge in [0.2, 0.25) is 0 Å². The zero-order valence-electron chi connectivity index (χ0n) is 16.0. The van der Waals surface area contributed by atoms with Crippen molar-refractivity contribution in [1.82, 2.24) is 10.0 Å². The van der Waals surface area contributed by atoms with E-state index < -0.39 is 35.8 Å². The van der Waals surface area contributed by atoms with E-state index >= 15 is 0 Å². The highest BCUT2D eigenvalue weighted by molar-refractivity contribution is 6.03. The van der Waals surface area contributed by atoms with Crippen molar-refractivity contribution in [2.75, 3.05) is 14.2 Å². The molecule has 0 aliphatic carbocycles. The number of nitrogens with zero attached hydrogens (tertiary/aromatic N) is 2. The van der Waals surface area contributed by atoms with Crippen LogP contribution in [0.2, 0.25) is 0 Å². The second-order valence-corrected chi connectivity index (χ2v) is 6.35. The van der Waals surface area contributed by atoms with Gasteiger partial charge in [0.1, 0.15) is 0 Å². The van der Waals surface area contributed by atoms with Crippen molar-refractivity contribution in [3.05, 3.63) is 71.8 Å². The molecule has 3 rings (SSSR count). The fourth-order valence-electron chi connectivity index (χ4n) is 3.28. The van der Waals surface area contributed by atoms with Crippen molar-refractivity contribution in [2.45, 2.75) is 18.5 Å². The van der Waals surface area contributed by atoms with Gasteiger partial charge in [0.25, 0.3) is 11.8 Å². The van der Waals surface area contributed by atoms with Gasteiger partial charge in [-0.3, -0.25) is 9.59 Å². The third-order valence-electron chi connectivity index (χ3n) is 4.67. The molecule has 150 valence electrons. The highest BCUT2D eigenvalue weighted by Crippen LogP contribution is 2.30. The van der Waals surface area contributed by atoms with Gasteiger partial charge in [-0.2, -0.15) is 0 Å². The highest BCUT2D eigenvalue weighted by Gasteiger charge is 2.52. The average molecular weight is 396 g/mol. The summed E-state index contributed by atoms with van der Waals surface area (Å²) >= 11 is 0. The molecule has 29 heavy (non-hydrogen) atoms. The Morgan fingerprint density at radius 1 is 0.690 bits per heavy atom. The third-order valence-corrected chi connectivity index (χ3v) is 4.67. The van der Waals surface area contributed by atoms with Crippen LogP contribution in [-0.4, -0.2) is 60.1 Å². The molecule has 0 N–H and O–H groups in total. The predicted octanol–water partition coefficient (Wildman–Crippen LogP) is 1.67. The number of hydrazine groups is 1. The molecular weight excluding hydrogens is 376 g/mol. The van der Waals surface area contributed by atoms with E-state index in [1.165, 1.54) is 14.2 Å². The first-order chi connectivity index (χ1) is 14.0. The fourth-order valence-corrected chi connectivity index (χ4v) is 3.28. The first-order valence-electron chi connectivity index (χ1n) is 8.92. The summed E-state index contributed by atoms with van der Waals surface area (Å²) in [4.78, 5) is 51.3. The van der Waals surface area contributed by atoms with E-state index in [4.69, 9.17) is 9.47 Å². The number of rotatable bonds is 4. The number of carbonyl (C=O) groups excluding carboxylic acids is 4. The van der Waals surface area contributed by atoms with Crippen molar-refractivity contribution in [1.29, 1.82) is 0 Å². The van der Waals surface area contributed by atoms with Crippen LogP contribution in [0.5, 0.6) is 0 Å². The van der Waals surface area contributed by atoms with Gasteiger partial charge in [0.05, 0.1) is 14.2 Å². The first-order valence-corrected chi connectivity index (χ1v) is 8.92. The number of carbonyl (C=O) groups is 4. The molecule has 1 heterocycles. The summed E-state index contributed by atoms with van der Waals surface area (Å²) in [7, 11) is 2.37. The molecule has 0 bridgehead atoms. The standard InChI is InChI=1S/C21H20N2O6/c1-28-20(26)16-13-17(21(27)29-2)23(19(25)15-11-7-4-8-12-15)22(16)18(24)14-9-5-3-6-10-14/h3-12,16-17H,13H2,1-2H3/t16-,17+. The lowest BCUT2D eigenvalue weighted by atomic mass is 10.1. The van der Waals surface area contributed by atoms with E-state index in [0.717, 1.165) is 10.0 Å². The van der Waals surface area contributed by atoms with E-state index in [9.17, 15) is 19.2 Å². The van der Waals surface area contributed by atoms with Crippen LogP contribution < -0.4 is 0 Å². The molecule has 8 heteroatoms. The van der Waals surface area contributed by atoms with Crippen molar-refractivity contribution < 1.29 is 28.7 Å². The Morgan fingerprint density at radius 2 is 1.03 bits per heavy atom. The molecule has 0 aromatic heterocycles. The molecule has 2 amide bonds. The van der Waals surface area contributed by atoms with Crippen molar-refractivity contribution in [3.63, 3.8) is 0 Å². The van der Waals surface area contributed by atoms with Crippen molar-refractivity contribution in [3.8, 4) is 0 Å². The summed E-state index contributed by atoms with van der Waals surface area (Å²) in [6.07, 6.45) is -0.128. The molecule has 1 aliphatic rings. The maximum Gasteiger partial charge on any atom is 0.330 e. The lowest BCUT2D eigenvalue weighted by molar-refractivity contribution is -0.150. The third kappa shape index (κ3) is 3.82. The Hall–Kier alpha value is -3.68. The zero-order valence-corrected chi connectivity index (χ0v) is 16.0. The smallest absolute Gasteiger partial charge is 0.330 e. The maximum atomic E-state index is 13.3. The topological polar surface area (TPSA) is 93.2 Å². The summed E-state index contributed by atoms with van der Waals surface area (Å²) in [5, 5.41) is 2.00. The number of hydrogen-bond acceptors (Lipinski definition) is 6. The van der Waals surface area contributed by atoms with Crippen LogP contribution in [0.1, 0.15) is 27.1 Å². The summed E-state index contributed by atoms with van der Waals surface area (Å²) in [5.41, 5.74) is 0.524. The first kappa shape index (κ1) is 20.1. The van der Waals surface area contributed by atoms with E-state index in [1.807, 2.05) is 0 Å². The Labute approximate surface area is 167 Å². The highest BCUT2D eigenvalue weighted by atomic mass is 16.5. The number of ether oxygens (including phenoxy) is 2. The SMILES string of the molecule is COC(=O)[C@H]1C[C@@H](C(=O)OC)N(C(=O)c2ccccc2)N1C(=O)c1ccccc1. The van der Waals surface area contributed by atoms with E-state index in [2.05, 4.69) is 0 Å². The van der Waals surface area contributed by atoms with Gasteiger partial charge in [-0.1, -0.05) is 36.4 Å². The van der Waals surface area contributed by atoms with E-state index in [0.29, 0.717) is 0 Å². The van der Waals surface area contributed by atoms with Gasteiger partial charge in [0, 0.05) is 17.5 Å². The molecular formula is C21H20N2O6. The number of benzene rings is 2. The number of esters is 2. The van der Waals surface area contributed by atoms with Crippen molar-refractivity contribution >= 4 is 23.8 Å². The molecule has 0 unspecified atom stereocenters. The van der Waals surface area contributed by atoms with E-state index in [1.54, 1.807) is 60.7 Å². The monoisotopic (exact) mass is 396 g/mol. The molecule has 1 saturated heterocycles. The molecule has 1 fully saturated rings. The lowest BCUT2D eigenvalue weighted by Gasteiger charge is -2.33. The quantitative estimate of drug-likeness (QED) is 0.730. The normalized spacial score (nSPS) is 18.3.